The summed E-state index contributed by atoms with van der Waals surface area (Å²) in [7, 11) is 0. The highest BCUT2D eigenvalue weighted by Gasteiger charge is 2.23. The number of hydrogen-bond acceptors (Lipinski definition) is 2. The summed E-state index contributed by atoms with van der Waals surface area (Å²) in [5, 5.41) is 3.22. The maximum atomic E-state index is 5.80. The molecule has 0 aromatic rings. The first-order chi connectivity index (χ1) is 7.29. The van der Waals surface area contributed by atoms with E-state index >= 15 is 0 Å². The van der Waals surface area contributed by atoms with Crippen LogP contribution in [0.5, 0.6) is 0 Å². The zero-order chi connectivity index (χ0) is 10.7. The van der Waals surface area contributed by atoms with Crippen molar-refractivity contribution in [3.8, 4) is 0 Å². The summed E-state index contributed by atoms with van der Waals surface area (Å²) < 4.78 is 0. The highest BCUT2D eigenvalue weighted by molar-refractivity contribution is 5.78. The Bertz CT molecular complexity index is 235. The van der Waals surface area contributed by atoms with Crippen molar-refractivity contribution in [2.45, 2.75) is 44.7 Å². The molecule has 0 aromatic heterocycles. The molecule has 15 heavy (non-hydrogen) atoms. The Morgan fingerprint density at radius 2 is 2.27 bits per heavy atom. The van der Waals surface area contributed by atoms with Gasteiger partial charge in [0.15, 0.2) is 5.96 Å². The zero-order valence-corrected chi connectivity index (χ0v) is 9.58. The summed E-state index contributed by atoms with van der Waals surface area (Å²) in [6, 6.07) is 1.23. The molecule has 1 aliphatic heterocycles. The van der Waals surface area contributed by atoms with Crippen LogP contribution in [-0.2, 0) is 0 Å². The number of nitrogens with one attached hydrogen (secondary N) is 1. The molecular weight excluding hydrogens is 188 g/mol. The number of nitrogens with two attached hydrogens (primary N) is 1. The molecule has 0 aromatic carbocycles. The van der Waals surface area contributed by atoms with Gasteiger partial charge in [0, 0.05) is 12.1 Å². The lowest BCUT2D eigenvalue weighted by Gasteiger charge is -2.20. The Hall–Kier alpha value is -0.770. The highest BCUT2D eigenvalue weighted by atomic mass is 15.2. The lowest BCUT2D eigenvalue weighted by Crippen LogP contribution is -2.36. The average molecular weight is 210 g/mol. The molecule has 2 aliphatic rings. The number of likely N-dealkylation sites (tertiary alicyclic amines) is 1. The summed E-state index contributed by atoms with van der Waals surface area (Å²) in [4.78, 5) is 6.92. The molecule has 0 bridgehead atoms. The molecule has 86 valence electrons. The average Bonchev–Trinajstić information content (AvgIpc) is 2.92. The number of rotatable bonds is 4. The van der Waals surface area contributed by atoms with Crippen LogP contribution in [-0.4, -0.2) is 42.6 Å². The Morgan fingerprint density at radius 1 is 1.47 bits per heavy atom. The highest BCUT2D eigenvalue weighted by Crippen LogP contribution is 2.18. The van der Waals surface area contributed by atoms with Gasteiger partial charge in [0.1, 0.15) is 0 Å². The van der Waals surface area contributed by atoms with E-state index in [0.29, 0.717) is 18.0 Å². The molecule has 4 heteroatoms. The van der Waals surface area contributed by atoms with Crippen molar-refractivity contribution in [1.82, 2.24) is 10.2 Å². The van der Waals surface area contributed by atoms with E-state index in [9.17, 15) is 0 Å². The monoisotopic (exact) mass is 210 g/mol. The van der Waals surface area contributed by atoms with Crippen LogP contribution in [0.1, 0.15) is 32.6 Å². The van der Waals surface area contributed by atoms with Gasteiger partial charge in [-0.25, -0.2) is 0 Å². The number of hydrogen-bond donors (Lipinski definition) is 2. The van der Waals surface area contributed by atoms with Gasteiger partial charge in [0.05, 0.1) is 6.54 Å². The number of nitrogens with zero attached hydrogens (tertiary/aromatic N) is 2. The maximum absolute atomic E-state index is 5.80. The van der Waals surface area contributed by atoms with Gasteiger partial charge >= 0.3 is 0 Å². The summed E-state index contributed by atoms with van der Waals surface area (Å²) in [6.45, 7) is 5.44. The van der Waals surface area contributed by atoms with Crippen molar-refractivity contribution in [3.63, 3.8) is 0 Å². The number of likely N-dealkylation sites (N-methyl/N-ethyl adjacent to an activating group) is 1. The molecule has 3 N–H and O–H groups in total. The Balaban J connectivity index is 1.74. The van der Waals surface area contributed by atoms with Crippen LogP contribution < -0.4 is 11.1 Å². The van der Waals surface area contributed by atoms with Crippen LogP contribution in [0, 0.1) is 0 Å². The van der Waals surface area contributed by atoms with Gasteiger partial charge in [-0.05, 0) is 38.8 Å². The first-order valence-electron chi connectivity index (χ1n) is 6.10. The van der Waals surface area contributed by atoms with Crippen molar-refractivity contribution >= 4 is 5.96 Å². The lowest BCUT2D eigenvalue weighted by atomic mass is 10.2. The van der Waals surface area contributed by atoms with Gasteiger partial charge in [-0.15, -0.1) is 0 Å². The van der Waals surface area contributed by atoms with Gasteiger partial charge in [-0.1, -0.05) is 6.92 Å². The van der Waals surface area contributed by atoms with Crippen LogP contribution in [0.15, 0.2) is 4.99 Å². The second kappa shape index (κ2) is 4.84. The van der Waals surface area contributed by atoms with Crippen LogP contribution in [0.25, 0.3) is 0 Å². The fourth-order valence-electron chi connectivity index (χ4n) is 2.20. The third kappa shape index (κ3) is 3.09. The van der Waals surface area contributed by atoms with E-state index in [1.807, 2.05) is 0 Å². The second-order valence-corrected chi connectivity index (χ2v) is 4.57. The standard InChI is InChI=1S/C11H22N4/c1-2-15-7-3-4-10(15)8-13-11(12)14-9-5-6-9/h9-10H,2-8H2,1H3,(H3,12,13,14). The van der Waals surface area contributed by atoms with E-state index in [-0.39, 0.29) is 0 Å². The fraction of sp³-hybridized carbons (Fsp3) is 0.909. The molecule has 1 heterocycles. The smallest absolute Gasteiger partial charge is 0.188 e. The minimum atomic E-state index is 0.611. The summed E-state index contributed by atoms with van der Waals surface area (Å²) in [5.74, 6) is 0.639. The molecule has 1 atom stereocenters. The first kappa shape index (κ1) is 10.7. The van der Waals surface area contributed by atoms with Gasteiger partial charge in [-0.2, -0.15) is 0 Å². The molecule has 2 fully saturated rings. The van der Waals surface area contributed by atoms with E-state index in [1.165, 1.54) is 32.2 Å². The van der Waals surface area contributed by atoms with Crippen LogP contribution in [0.3, 0.4) is 0 Å². The third-order valence-corrected chi connectivity index (χ3v) is 3.31. The van der Waals surface area contributed by atoms with E-state index in [1.54, 1.807) is 0 Å². The van der Waals surface area contributed by atoms with Crippen molar-refractivity contribution in [3.05, 3.63) is 0 Å². The number of aliphatic imine (C=N–C) groups is 1. The summed E-state index contributed by atoms with van der Waals surface area (Å²) in [5.41, 5.74) is 5.80. The molecule has 0 amide bonds. The second-order valence-electron chi connectivity index (χ2n) is 4.57. The van der Waals surface area contributed by atoms with Gasteiger partial charge in [-0.3, -0.25) is 9.89 Å². The third-order valence-electron chi connectivity index (χ3n) is 3.31. The molecule has 4 nitrogen and oxygen atoms in total. The van der Waals surface area contributed by atoms with E-state index < -0.39 is 0 Å². The summed E-state index contributed by atoms with van der Waals surface area (Å²) >= 11 is 0. The Kier molecular flexibility index (Phi) is 3.46. The zero-order valence-electron chi connectivity index (χ0n) is 9.58. The van der Waals surface area contributed by atoms with E-state index in [0.717, 1.165) is 13.1 Å². The molecule has 0 spiro atoms. The van der Waals surface area contributed by atoms with Crippen molar-refractivity contribution < 1.29 is 0 Å². The molecule has 1 aliphatic carbocycles. The fourth-order valence-corrected chi connectivity index (χ4v) is 2.20. The summed E-state index contributed by atoms with van der Waals surface area (Å²) in [6.07, 6.45) is 5.08. The minimum absolute atomic E-state index is 0.611. The van der Waals surface area contributed by atoms with E-state index in [4.69, 9.17) is 5.73 Å². The topological polar surface area (TPSA) is 53.6 Å². The van der Waals surface area contributed by atoms with Gasteiger partial charge < -0.3 is 11.1 Å². The predicted octanol–water partition coefficient (Wildman–Crippen LogP) is 0.537. The Morgan fingerprint density at radius 3 is 2.93 bits per heavy atom. The van der Waals surface area contributed by atoms with Crippen molar-refractivity contribution in [2.24, 2.45) is 10.7 Å². The van der Waals surface area contributed by atoms with Crippen molar-refractivity contribution in [2.75, 3.05) is 19.6 Å². The van der Waals surface area contributed by atoms with Gasteiger partial charge in [0.25, 0.3) is 0 Å². The van der Waals surface area contributed by atoms with Gasteiger partial charge in [0.2, 0.25) is 0 Å². The van der Waals surface area contributed by atoms with Crippen LogP contribution in [0.2, 0.25) is 0 Å². The molecule has 2 rings (SSSR count). The first-order valence-corrected chi connectivity index (χ1v) is 6.10. The normalized spacial score (nSPS) is 28.3. The molecule has 0 radical (unpaired) electrons. The SMILES string of the molecule is CCN1CCCC1CN=C(N)NC1CC1. The van der Waals surface area contributed by atoms with Crippen LogP contribution in [0.4, 0.5) is 0 Å². The number of guanidine groups is 1. The van der Waals surface area contributed by atoms with Crippen molar-refractivity contribution in [1.29, 1.82) is 0 Å². The lowest BCUT2D eigenvalue weighted by molar-refractivity contribution is 0.273. The molecule has 1 saturated heterocycles. The quantitative estimate of drug-likeness (QED) is 0.526. The van der Waals surface area contributed by atoms with E-state index in [2.05, 4.69) is 22.1 Å². The molecular formula is C11H22N4. The Labute approximate surface area is 91.9 Å². The predicted molar refractivity (Wildman–Crippen MR) is 62.9 cm³/mol. The van der Waals surface area contributed by atoms with Crippen LogP contribution >= 0.6 is 0 Å². The maximum Gasteiger partial charge on any atom is 0.188 e. The minimum Gasteiger partial charge on any atom is -0.370 e. The largest absolute Gasteiger partial charge is 0.370 e. The molecule has 1 unspecified atom stereocenters. The molecule has 1 saturated carbocycles.